The molecule has 4 nitrogen and oxygen atoms in total. The minimum absolute atomic E-state index is 0.224. The molecule has 1 aromatic carbocycles. The number of carbonyl (C=O) groups is 2. The smallest absolute Gasteiger partial charge is 0.235 e. The Labute approximate surface area is 127 Å². The highest BCUT2D eigenvalue weighted by atomic mass is 16.2. The van der Waals surface area contributed by atoms with Crippen molar-refractivity contribution in [2.24, 2.45) is 5.41 Å². The van der Waals surface area contributed by atoms with Gasteiger partial charge in [-0.05, 0) is 38.3 Å². The lowest BCUT2D eigenvalue weighted by Gasteiger charge is -2.23. The number of carbonyl (C=O) groups excluding carboxylic acids is 2. The van der Waals surface area contributed by atoms with Crippen molar-refractivity contribution in [3.8, 4) is 0 Å². The molecule has 0 heterocycles. The summed E-state index contributed by atoms with van der Waals surface area (Å²) < 4.78 is 0. The summed E-state index contributed by atoms with van der Waals surface area (Å²) in [7, 11) is 0. The van der Waals surface area contributed by atoms with Crippen LogP contribution in [-0.2, 0) is 16.1 Å². The quantitative estimate of drug-likeness (QED) is 0.599. The van der Waals surface area contributed by atoms with E-state index in [1.165, 1.54) is 0 Å². The van der Waals surface area contributed by atoms with Gasteiger partial charge in [0.25, 0.3) is 0 Å². The van der Waals surface area contributed by atoms with Gasteiger partial charge in [-0.25, -0.2) is 0 Å². The van der Waals surface area contributed by atoms with Crippen LogP contribution in [0.2, 0.25) is 0 Å². The Morgan fingerprint density at radius 3 is 2.33 bits per heavy atom. The monoisotopic (exact) mass is 290 g/mol. The zero-order valence-electron chi connectivity index (χ0n) is 13.5. The first-order chi connectivity index (χ1) is 9.89. The van der Waals surface area contributed by atoms with Crippen LogP contribution in [0.1, 0.15) is 44.7 Å². The molecule has 116 valence electrons. The van der Waals surface area contributed by atoms with Gasteiger partial charge in [0.15, 0.2) is 0 Å². The van der Waals surface area contributed by atoms with Crippen LogP contribution in [0.25, 0.3) is 0 Å². The van der Waals surface area contributed by atoms with Crippen molar-refractivity contribution >= 4 is 11.8 Å². The van der Waals surface area contributed by atoms with Crippen molar-refractivity contribution in [3.05, 3.63) is 35.4 Å². The maximum atomic E-state index is 12.3. The standard InChI is InChI=1S/C17H26N2O2/c1-5-6-11-18-15(20)17(3,4)16(21)19-12-14-10-8-7-9-13(14)2/h7-10H,5-6,11-12H2,1-4H3,(H,18,20)(H,19,21). The summed E-state index contributed by atoms with van der Waals surface area (Å²) in [6, 6.07) is 7.89. The summed E-state index contributed by atoms with van der Waals surface area (Å²) in [5, 5.41) is 5.67. The number of benzene rings is 1. The molecule has 1 aromatic rings. The lowest BCUT2D eigenvalue weighted by atomic mass is 9.91. The van der Waals surface area contributed by atoms with Crippen LogP contribution in [0.15, 0.2) is 24.3 Å². The van der Waals surface area contributed by atoms with E-state index in [2.05, 4.69) is 17.6 Å². The SMILES string of the molecule is CCCCNC(=O)C(C)(C)C(=O)NCc1ccccc1C. The Kier molecular flexibility index (Phi) is 6.40. The summed E-state index contributed by atoms with van der Waals surface area (Å²) in [6.45, 7) is 8.43. The molecule has 0 atom stereocenters. The van der Waals surface area contributed by atoms with Gasteiger partial charge in [-0.15, -0.1) is 0 Å². The summed E-state index contributed by atoms with van der Waals surface area (Å²) >= 11 is 0. The summed E-state index contributed by atoms with van der Waals surface area (Å²) in [4.78, 5) is 24.3. The van der Waals surface area contributed by atoms with Crippen molar-refractivity contribution in [3.63, 3.8) is 0 Å². The van der Waals surface area contributed by atoms with E-state index in [-0.39, 0.29) is 11.8 Å². The van der Waals surface area contributed by atoms with Gasteiger partial charge in [0.1, 0.15) is 5.41 Å². The molecule has 0 spiro atoms. The molecule has 0 aliphatic heterocycles. The van der Waals surface area contributed by atoms with E-state index in [1.54, 1.807) is 13.8 Å². The highest BCUT2D eigenvalue weighted by Crippen LogP contribution is 2.16. The third-order valence-electron chi connectivity index (χ3n) is 3.65. The van der Waals surface area contributed by atoms with Crippen molar-refractivity contribution in [1.29, 1.82) is 0 Å². The Morgan fingerprint density at radius 2 is 1.71 bits per heavy atom. The van der Waals surface area contributed by atoms with Crippen LogP contribution in [0.5, 0.6) is 0 Å². The molecule has 2 N–H and O–H groups in total. The van der Waals surface area contributed by atoms with E-state index in [9.17, 15) is 9.59 Å². The minimum Gasteiger partial charge on any atom is -0.355 e. The highest BCUT2D eigenvalue weighted by Gasteiger charge is 2.35. The Hall–Kier alpha value is -1.84. The molecule has 0 aromatic heterocycles. The van der Waals surface area contributed by atoms with Crippen molar-refractivity contribution in [2.75, 3.05) is 6.54 Å². The zero-order valence-corrected chi connectivity index (χ0v) is 13.5. The third-order valence-corrected chi connectivity index (χ3v) is 3.65. The number of hydrogen-bond donors (Lipinski definition) is 2. The number of unbranched alkanes of at least 4 members (excludes halogenated alkanes) is 1. The summed E-state index contributed by atoms with van der Waals surface area (Å²) in [5.74, 6) is -0.474. The van der Waals surface area contributed by atoms with Crippen LogP contribution in [-0.4, -0.2) is 18.4 Å². The average molecular weight is 290 g/mol. The number of amides is 2. The van der Waals surface area contributed by atoms with E-state index < -0.39 is 5.41 Å². The number of hydrogen-bond acceptors (Lipinski definition) is 2. The molecule has 1 rings (SSSR count). The van der Waals surface area contributed by atoms with Crippen LogP contribution in [0.3, 0.4) is 0 Å². The van der Waals surface area contributed by atoms with E-state index in [0.717, 1.165) is 24.0 Å². The van der Waals surface area contributed by atoms with Gasteiger partial charge in [-0.3, -0.25) is 9.59 Å². The predicted molar refractivity (Wildman–Crippen MR) is 84.7 cm³/mol. The van der Waals surface area contributed by atoms with Crippen molar-refractivity contribution < 1.29 is 9.59 Å². The summed E-state index contributed by atoms with van der Waals surface area (Å²) in [6.07, 6.45) is 1.94. The predicted octanol–water partition coefficient (Wildman–Crippen LogP) is 2.55. The molecule has 0 aliphatic rings. The number of rotatable bonds is 7. The molecular formula is C17H26N2O2. The molecule has 21 heavy (non-hydrogen) atoms. The molecule has 0 aliphatic carbocycles. The average Bonchev–Trinajstić information content (AvgIpc) is 2.46. The fraction of sp³-hybridized carbons (Fsp3) is 0.529. The van der Waals surface area contributed by atoms with Crippen LogP contribution >= 0.6 is 0 Å². The zero-order chi connectivity index (χ0) is 15.9. The lowest BCUT2D eigenvalue weighted by Crippen LogP contribution is -2.47. The van der Waals surface area contributed by atoms with Gasteiger partial charge in [-0.1, -0.05) is 37.6 Å². The first-order valence-corrected chi connectivity index (χ1v) is 7.50. The lowest BCUT2D eigenvalue weighted by molar-refractivity contribution is -0.141. The fourth-order valence-electron chi connectivity index (χ4n) is 1.91. The van der Waals surface area contributed by atoms with Crippen molar-refractivity contribution in [1.82, 2.24) is 10.6 Å². The maximum absolute atomic E-state index is 12.3. The first kappa shape index (κ1) is 17.2. The van der Waals surface area contributed by atoms with Crippen LogP contribution in [0, 0.1) is 12.3 Å². The van der Waals surface area contributed by atoms with Crippen LogP contribution in [0.4, 0.5) is 0 Å². The van der Waals surface area contributed by atoms with Gasteiger partial charge in [0.05, 0.1) is 0 Å². The minimum atomic E-state index is -1.06. The number of nitrogens with one attached hydrogen (secondary N) is 2. The molecule has 0 unspecified atom stereocenters. The molecule has 0 saturated carbocycles. The van der Waals surface area contributed by atoms with Gasteiger partial charge in [-0.2, -0.15) is 0 Å². The normalized spacial score (nSPS) is 11.0. The second kappa shape index (κ2) is 7.81. The molecule has 4 heteroatoms. The molecule has 0 radical (unpaired) electrons. The third kappa shape index (κ3) is 4.88. The molecule has 0 bridgehead atoms. The largest absolute Gasteiger partial charge is 0.355 e. The maximum Gasteiger partial charge on any atom is 0.235 e. The highest BCUT2D eigenvalue weighted by molar-refractivity contribution is 6.04. The Morgan fingerprint density at radius 1 is 1.10 bits per heavy atom. The second-order valence-corrected chi connectivity index (χ2v) is 5.84. The topological polar surface area (TPSA) is 58.2 Å². The fourth-order valence-corrected chi connectivity index (χ4v) is 1.91. The van der Waals surface area contributed by atoms with E-state index in [1.807, 2.05) is 31.2 Å². The number of aryl methyl sites for hydroxylation is 1. The Bertz CT molecular complexity index is 495. The first-order valence-electron chi connectivity index (χ1n) is 7.50. The van der Waals surface area contributed by atoms with Crippen molar-refractivity contribution in [2.45, 2.75) is 47.1 Å². The van der Waals surface area contributed by atoms with Gasteiger partial charge in [0, 0.05) is 13.1 Å². The molecule has 2 amide bonds. The van der Waals surface area contributed by atoms with E-state index >= 15 is 0 Å². The molecule has 0 fully saturated rings. The Balaban J connectivity index is 2.57. The molecule has 0 saturated heterocycles. The van der Waals surface area contributed by atoms with Gasteiger partial charge in [0.2, 0.25) is 11.8 Å². The van der Waals surface area contributed by atoms with E-state index in [4.69, 9.17) is 0 Å². The second-order valence-electron chi connectivity index (χ2n) is 5.84. The van der Waals surface area contributed by atoms with Crippen LogP contribution < -0.4 is 10.6 Å². The molecular weight excluding hydrogens is 264 g/mol. The van der Waals surface area contributed by atoms with Gasteiger partial charge >= 0.3 is 0 Å². The summed E-state index contributed by atoms with van der Waals surface area (Å²) in [5.41, 5.74) is 1.13. The van der Waals surface area contributed by atoms with Gasteiger partial charge < -0.3 is 10.6 Å². The van der Waals surface area contributed by atoms with E-state index in [0.29, 0.717) is 13.1 Å².